The van der Waals surface area contributed by atoms with Crippen LogP contribution in [0.4, 0.5) is 0 Å². The second kappa shape index (κ2) is 12.3. The van der Waals surface area contributed by atoms with Crippen LogP contribution in [0.25, 0.3) is 0 Å². The van der Waals surface area contributed by atoms with Crippen molar-refractivity contribution in [3.05, 3.63) is 6.92 Å². The SMILES string of the molecule is [CH2]CCOCC(O)C[Si](O[Si](C)(C)C)(O[Si](C)(C)O[Si](C)(C)C)O[Si](C)(C)O[Si](C)(C)C. The molecule has 0 aliphatic carbocycles. The van der Waals surface area contributed by atoms with Crippen molar-refractivity contribution >= 4 is 50.9 Å². The highest BCUT2D eigenvalue weighted by atomic mass is 28.5. The van der Waals surface area contributed by atoms with E-state index in [0.717, 1.165) is 0 Å². The molecule has 193 valence electrons. The van der Waals surface area contributed by atoms with Crippen LogP contribution in [-0.2, 0) is 25.3 Å². The third kappa shape index (κ3) is 16.6. The Morgan fingerprint density at radius 2 is 1.00 bits per heavy atom. The number of hydrogen-bond acceptors (Lipinski definition) is 7. The minimum absolute atomic E-state index is 0.194. The summed E-state index contributed by atoms with van der Waals surface area (Å²) in [4.78, 5) is 0. The molecule has 0 fully saturated rings. The van der Waals surface area contributed by atoms with E-state index in [9.17, 15) is 5.11 Å². The van der Waals surface area contributed by atoms with Gasteiger partial charge < -0.3 is 30.4 Å². The highest BCUT2D eigenvalue weighted by molar-refractivity contribution is 6.92. The zero-order valence-corrected chi connectivity index (χ0v) is 29.0. The topological polar surface area (TPSA) is 75.6 Å². The van der Waals surface area contributed by atoms with E-state index in [-0.39, 0.29) is 12.7 Å². The average Bonchev–Trinajstić information content (AvgIpc) is 2.37. The quantitative estimate of drug-likeness (QED) is 0.197. The molecule has 0 saturated heterocycles. The summed E-state index contributed by atoms with van der Waals surface area (Å²) in [6.07, 6.45) is -0.111. The van der Waals surface area contributed by atoms with Crippen LogP contribution < -0.4 is 0 Å². The van der Waals surface area contributed by atoms with Crippen molar-refractivity contribution in [2.75, 3.05) is 13.2 Å². The van der Waals surface area contributed by atoms with Crippen LogP contribution >= 0.6 is 0 Å². The largest absolute Gasteiger partial charge is 0.475 e. The highest BCUT2D eigenvalue weighted by Crippen LogP contribution is 2.32. The Morgan fingerprint density at radius 3 is 1.31 bits per heavy atom. The van der Waals surface area contributed by atoms with Crippen LogP contribution in [0.15, 0.2) is 0 Å². The Labute approximate surface area is 204 Å². The average molecular weight is 560 g/mol. The van der Waals surface area contributed by atoms with Gasteiger partial charge in [0.2, 0.25) is 0 Å². The molecule has 0 aromatic carbocycles. The lowest BCUT2D eigenvalue weighted by molar-refractivity contribution is 0.0398. The first kappa shape index (κ1) is 33.0. The molecule has 0 saturated carbocycles. The molecule has 0 aromatic rings. The molecule has 7 nitrogen and oxygen atoms in total. The molecular formula is C19H51O7Si6. The van der Waals surface area contributed by atoms with E-state index in [1.807, 2.05) is 26.2 Å². The van der Waals surface area contributed by atoms with Crippen LogP contribution in [0.2, 0.25) is 91.2 Å². The van der Waals surface area contributed by atoms with Crippen molar-refractivity contribution in [2.45, 2.75) is 104 Å². The molecular weight excluding hydrogens is 509 g/mol. The lowest BCUT2D eigenvalue weighted by atomic mass is 10.4. The maximum atomic E-state index is 10.9. The molecule has 0 rings (SSSR count). The number of ether oxygens (including phenoxy) is 1. The summed E-state index contributed by atoms with van der Waals surface area (Å²) in [5.41, 5.74) is 0. The van der Waals surface area contributed by atoms with Gasteiger partial charge in [0, 0.05) is 12.7 Å². The number of rotatable bonds is 16. The van der Waals surface area contributed by atoms with E-state index >= 15 is 0 Å². The minimum atomic E-state index is -3.39. The van der Waals surface area contributed by atoms with Gasteiger partial charge in [0.1, 0.15) is 0 Å². The standard InChI is InChI=1S/C19H51O7Si6/c1-15-16-21-17-19(20)18-32(24-29(8,9)10,25-30(11,12)22-27(2,3)4)26-31(13,14)23-28(5,6)7/h19-20H,1,15-18H2,2-14H3. The zero-order chi connectivity index (χ0) is 25.6. The fourth-order valence-corrected chi connectivity index (χ4v) is 29.5. The van der Waals surface area contributed by atoms with Gasteiger partial charge in [0.15, 0.2) is 25.0 Å². The smallest absolute Gasteiger partial charge is 0.437 e. The first-order chi connectivity index (χ1) is 14.0. The van der Waals surface area contributed by atoms with E-state index in [2.05, 4.69) is 65.8 Å². The minimum Gasteiger partial charge on any atom is -0.437 e. The van der Waals surface area contributed by atoms with Gasteiger partial charge >= 0.3 is 25.9 Å². The van der Waals surface area contributed by atoms with E-state index < -0.39 is 57.0 Å². The summed E-state index contributed by atoms with van der Waals surface area (Å²) >= 11 is 0. The molecule has 1 atom stereocenters. The summed E-state index contributed by atoms with van der Waals surface area (Å²) in [5.74, 6) is 0. The summed E-state index contributed by atoms with van der Waals surface area (Å²) in [6, 6.07) is 0.255. The normalized spacial score (nSPS) is 15.8. The van der Waals surface area contributed by atoms with Crippen LogP contribution in [0, 0.1) is 6.92 Å². The first-order valence-corrected chi connectivity index (χ1v) is 29.3. The molecule has 1 radical (unpaired) electrons. The number of hydrogen-bond donors (Lipinski definition) is 1. The third-order valence-corrected chi connectivity index (χ3v) is 23.4. The van der Waals surface area contributed by atoms with Gasteiger partial charge in [-0.1, -0.05) is 6.92 Å². The number of aliphatic hydroxyl groups excluding tert-OH is 1. The van der Waals surface area contributed by atoms with Crippen molar-refractivity contribution in [3.63, 3.8) is 0 Å². The molecule has 0 amide bonds. The zero-order valence-electron chi connectivity index (χ0n) is 23.0. The van der Waals surface area contributed by atoms with Crippen molar-refractivity contribution < 1.29 is 30.4 Å². The Morgan fingerprint density at radius 1 is 0.625 bits per heavy atom. The predicted molar refractivity (Wildman–Crippen MR) is 148 cm³/mol. The molecule has 0 aliphatic rings. The van der Waals surface area contributed by atoms with E-state index in [0.29, 0.717) is 13.0 Å². The van der Waals surface area contributed by atoms with Gasteiger partial charge in [-0.25, -0.2) is 0 Å². The Kier molecular flexibility index (Phi) is 12.7. The third-order valence-electron chi connectivity index (χ3n) is 3.45. The summed E-state index contributed by atoms with van der Waals surface area (Å²) in [5, 5.41) is 10.9. The molecule has 1 N–H and O–H groups in total. The lowest BCUT2D eigenvalue weighted by Gasteiger charge is -2.46. The second-order valence-corrected chi connectivity index (χ2v) is 36.2. The fraction of sp³-hybridized carbons (Fsp3) is 0.947. The molecule has 32 heavy (non-hydrogen) atoms. The molecule has 0 spiro atoms. The van der Waals surface area contributed by atoms with E-state index in [4.69, 9.17) is 25.3 Å². The van der Waals surface area contributed by atoms with Gasteiger partial charge in [-0.2, -0.15) is 0 Å². The molecule has 0 bridgehead atoms. The summed E-state index contributed by atoms with van der Waals surface area (Å²) in [7, 11) is -14.5. The van der Waals surface area contributed by atoms with Crippen molar-refractivity contribution in [1.29, 1.82) is 0 Å². The van der Waals surface area contributed by atoms with Gasteiger partial charge in [-0.3, -0.25) is 0 Å². The first-order valence-electron chi connectivity index (χ1n) is 11.5. The number of aliphatic hydroxyl groups is 1. The summed E-state index contributed by atoms with van der Waals surface area (Å²) in [6.45, 7) is 32.0. The Balaban J connectivity index is 6.20. The molecule has 1 unspecified atom stereocenters. The van der Waals surface area contributed by atoms with E-state index in [1.165, 1.54) is 0 Å². The molecule has 0 aliphatic heterocycles. The molecule has 13 heteroatoms. The van der Waals surface area contributed by atoms with Gasteiger partial charge in [0.25, 0.3) is 0 Å². The van der Waals surface area contributed by atoms with Crippen LogP contribution in [0.3, 0.4) is 0 Å². The van der Waals surface area contributed by atoms with Crippen molar-refractivity contribution in [2.24, 2.45) is 0 Å². The summed E-state index contributed by atoms with van der Waals surface area (Å²) < 4.78 is 39.0. The van der Waals surface area contributed by atoms with Crippen LogP contribution in [-0.4, -0.2) is 75.3 Å². The molecule has 0 aromatic heterocycles. The fourth-order valence-electron chi connectivity index (χ4n) is 3.59. The van der Waals surface area contributed by atoms with Gasteiger partial charge in [-0.05, 0) is 91.5 Å². The predicted octanol–water partition coefficient (Wildman–Crippen LogP) is 5.52. The Bertz CT molecular complexity index is 526. The van der Waals surface area contributed by atoms with E-state index in [1.54, 1.807) is 0 Å². The monoisotopic (exact) mass is 559 g/mol. The highest BCUT2D eigenvalue weighted by Gasteiger charge is 2.55. The lowest BCUT2D eigenvalue weighted by Crippen LogP contribution is -2.65. The van der Waals surface area contributed by atoms with Crippen LogP contribution in [0.5, 0.6) is 0 Å². The molecule has 0 heterocycles. The Hall–Kier alpha value is 1.02. The van der Waals surface area contributed by atoms with Gasteiger partial charge in [0.05, 0.1) is 12.7 Å². The maximum Gasteiger partial charge on any atom is 0.475 e. The maximum absolute atomic E-state index is 10.9. The van der Waals surface area contributed by atoms with Gasteiger partial charge in [-0.15, -0.1) is 0 Å². The van der Waals surface area contributed by atoms with Crippen LogP contribution in [0.1, 0.15) is 6.42 Å². The van der Waals surface area contributed by atoms with Crippen molar-refractivity contribution in [3.8, 4) is 0 Å². The second-order valence-electron chi connectivity index (χ2n) is 12.1. The van der Waals surface area contributed by atoms with Crippen molar-refractivity contribution in [1.82, 2.24) is 0 Å².